The second-order valence-corrected chi connectivity index (χ2v) is 5.34. The maximum Gasteiger partial charge on any atom is 0.221 e. The van der Waals surface area contributed by atoms with E-state index in [0.29, 0.717) is 5.82 Å². The van der Waals surface area contributed by atoms with Gasteiger partial charge in [-0.05, 0) is 32.0 Å². The minimum Gasteiger partial charge on any atom is -0.368 e. The first-order chi connectivity index (χ1) is 10.9. The monoisotopic (exact) mass is 309 g/mol. The van der Waals surface area contributed by atoms with Crippen molar-refractivity contribution >= 4 is 23.7 Å². The standard InChI is InChI=1S/C17H19N5O/c1-17(2,23-3)8-6-12-4-5-13(11-18)14(10-12)21-15-7-9-20-16(19)22-15/h4-5,7,9-11,18H,1-3H3,(H3,19,20,21,22). The summed E-state index contributed by atoms with van der Waals surface area (Å²) in [5.41, 5.74) is 7.32. The lowest BCUT2D eigenvalue weighted by Gasteiger charge is -2.14. The Kier molecular flexibility index (Phi) is 4.94. The van der Waals surface area contributed by atoms with Crippen LogP contribution in [0, 0.1) is 17.3 Å². The van der Waals surface area contributed by atoms with E-state index in [-0.39, 0.29) is 5.95 Å². The van der Waals surface area contributed by atoms with Crippen molar-refractivity contribution in [3.05, 3.63) is 41.6 Å². The van der Waals surface area contributed by atoms with Crippen LogP contribution in [-0.4, -0.2) is 28.9 Å². The summed E-state index contributed by atoms with van der Waals surface area (Å²) >= 11 is 0. The Bertz CT molecular complexity index is 774. The molecule has 0 saturated carbocycles. The van der Waals surface area contributed by atoms with Gasteiger partial charge in [-0.2, -0.15) is 4.98 Å². The first kappa shape index (κ1) is 16.5. The fourth-order valence-electron chi connectivity index (χ4n) is 1.72. The summed E-state index contributed by atoms with van der Waals surface area (Å²) < 4.78 is 5.29. The number of anilines is 3. The van der Waals surface area contributed by atoms with Crippen LogP contribution in [0.1, 0.15) is 25.0 Å². The first-order valence-corrected chi connectivity index (χ1v) is 7.02. The maximum absolute atomic E-state index is 7.52. The summed E-state index contributed by atoms with van der Waals surface area (Å²) in [6.07, 6.45) is 2.84. The van der Waals surface area contributed by atoms with E-state index in [2.05, 4.69) is 27.1 Å². The van der Waals surface area contributed by atoms with Gasteiger partial charge in [0.1, 0.15) is 11.4 Å². The van der Waals surface area contributed by atoms with Crippen LogP contribution >= 0.6 is 0 Å². The van der Waals surface area contributed by atoms with Crippen LogP contribution in [0.3, 0.4) is 0 Å². The molecule has 0 aliphatic rings. The molecular formula is C17H19N5O. The van der Waals surface area contributed by atoms with Gasteiger partial charge in [-0.15, -0.1) is 0 Å². The second kappa shape index (κ2) is 6.90. The zero-order chi connectivity index (χ0) is 16.9. The smallest absolute Gasteiger partial charge is 0.221 e. The molecule has 0 amide bonds. The molecule has 0 saturated heterocycles. The highest BCUT2D eigenvalue weighted by molar-refractivity contribution is 5.87. The third-order valence-electron chi connectivity index (χ3n) is 3.16. The molecule has 0 bridgehead atoms. The summed E-state index contributed by atoms with van der Waals surface area (Å²) in [6.45, 7) is 3.80. The minimum atomic E-state index is -0.519. The fourth-order valence-corrected chi connectivity index (χ4v) is 1.72. The Balaban J connectivity index is 2.34. The molecule has 6 nitrogen and oxygen atoms in total. The van der Waals surface area contributed by atoms with Crippen molar-refractivity contribution < 1.29 is 4.74 Å². The van der Waals surface area contributed by atoms with Crippen molar-refractivity contribution in [3.8, 4) is 11.8 Å². The summed E-state index contributed by atoms with van der Waals surface area (Å²) in [6, 6.07) is 7.25. The van der Waals surface area contributed by atoms with E-state index in [0.717, 1.165) is 16.8 Å². The molecule has 1 aromatic heterocycles. The molecule has 23 heavy (non-hydrogen) atoms. The van der Waals surface area contributed by atoms with Crippen molar-refractivity contribution in [2.45, 2.75) is 19.4 Å². The zero-order valence-corrected chi connectivity index (χ0v) is 13.3. The number of nitrogens with one attached hydrogen (secondary N) is 2. The predicted octanol–water partition coefficient (Wildman–Crippen LogP) is 2.58. The SMILES string of the molecule is COC(C)(C)C#Cc1ccc(C=N)c(Nc2ccnc(N)n2)c1. The summed E-state index contributed by atoms with van der Waals surface area (Å²) in [5, 5.41) is 10.7. The lowest BCUT2D eigenvalue weighted by molar-refractivity contribution is 0.0742. The Morgan fingerprint density at radius 1 is 1.35 bits per heavy atom. The van der Waals surface area contributed by atoms with Gasteiger partial charge in [-0.25, -0.2) is 4.98 Å². The molecular weight excluding hydrogens is 290 g/mol. The van der Waals surface area contributed by atoms with Crippen LogP contribution < -0.4 is 11.1 Å². The number of hydrogen-bond acceptors (Lipinski definition) is 6. The summed E-state index contributed by atoms with van der Waals surface area (Å²) in [4.78, 5) is 7.95. The van der Waals surface area contributed by atoms with Crippen LogP contribution in [0.4, 0.5) is 17.5 Å². The van der Waals surface area contributed by atoms with Gasteiger partial charge < -0.3 is 21.2 Å². The van der Waals surface area contributed by atoms with Crippen molar-refractivity contribution in [3.63, 3.8) is 0 Å². The van der Waals surface area contributed by atoms with Crippen molar-refractivity contribution in [2.24, 2.45) is 0 Å². The number of methoxy groups -OCH3 is 1. The van der Waals surface area contributed by atoms with Gasteiger partial charge in [-0.1, -0.05) is 17.9 Å². The average molecular weight is 309 g/mol. The number of nitrogen functional groups attached to an aromatic ring is 1. The highest BCUT2D eigenvalue weighted by Crippen LogP contribution is 2.20. The number of hydrogen-bond donors (Lipinski definition) is 3. The Hall–Kier alpha value is -2.91. The Morgan fingerprint density at radius 2 is 2.13 bits per heavy atom. The first-order valence-electron chi connectivity index (χ1n) is 7.02. The number of benzene rings is 1. The molecule has 2 aromatic rings. The van der Waals surface area contributed by atoms with Gasteiger partial charge in [-0.3, -0.25) is 0 Å². The molecule has 2 rings (SSSR count). The number of nitrogens with two attached hydrogens (primary N) is 1. The Labute approximate surface area is 135 Å². The third-order valence-corrected chi connectivity index (χ3v) is 3.16. The van der Waals surface area contributed by atoms with E-state index < -0.39 is 5.60 Å². The topological polar surface area (TPSA) is 96.9 Å². The van der Waals surface area contributed by atoms with Crippen LogP contribution in [0.25, 0.3) is 0 Å². The van der Waals surface area contributed by atoms with Crippen molar-refractivity contribution in [1.82, 2.24) is 9.97 Å². The third kappa shape index (κ3) is 4.53. The highest BCUT2D eigenvalue weighted by Gasteiger charge is 2.11. The van der Waals surface area contributed by atoms with Gasteiger partial charge in [0.2, 0.25) is 5.95 Å². The van der Waals surface area contributed by atoms with Gasteiger partial charge in [0.25, 0.3) is 0 Å². The Morgan fingerprint density at radius 3 is 2.78 bits per heavy atom. The second-order valence-electron chi connectivity index (χ2n) is 5.34. The quantitative estimate of drug-likeness (QED) is 0.596. The summed E-state index contributed by atoms with van der Waals surface area (Å²) in [5.74, 6) is 6.88. The average Bonchev–Trinajstić information content (AvgIpc) is 2.53. The summed E-state index contributed by atoms with van der Waals surface area (Å²) in [7, 11) is 1.62. The molecule has 4 N–H and O–H groups in total. The molecule has 0 atom stereocenters. The van der Waals surface area contributed by atoms with Crippen LogP contribution in [0.5, 0.6) is 0 Å². The molecule has 0 spiro atoms. The van der Waals surface area contributed by atoms with E-state index in [4.69, 9.17) is 15.9 Å². The van der Waals surface area contributed by atoms with Gasteiger partial charge in [0.05, 0.1) is 0 Å². The van der Waals surface area contributed by atoms with Crippen molar-refractivity contribution in [1.29, 1.82) is 5.41 Å². The number of nitrogens with zero attached hydrogens (tertiary/aromatic N) is 2. The van der Waals surface area contributed by atoms with E-state index in [1.807, 2.05) is 32.0 Å². The normalized spacial score (nSPS) is 10.6. The van der Waals surface area contributed by atoms with Crippen LogP contribution in [0.15, 0.2) is 30.5 Å². The van der Waals surface area contributed by atoms with Crippen molar-refractivity contribution in [2.75, 3.05) is 18.2 Å². The van der Waals surface area contributed by atoms with E-state index >= 15 is 0 Å². The zero-order valence-electron chi connectivity index (χ0n) is 13.3. The largest absolute Gasteiger partial charge is 0.368 e. The van der Waals surface area contributed by atoms with E-state index in [1.165, 1.54) is 6.21 Å². The molecule has 0 aliphatic heterocycles. The highest BCUT2D eigenvalue weighted by atomic mass is 16.5. The molecule has 0 radical (unpaired) electrons. The molecule has 0 fully saturated rings. The number of aromatic nitrogens is 2. The van der Waals surface area contributed by atoms with Crippen LogP contribution in [0.2, 0.25) is 0 Å². The van der Waals surface area contributed by atoms with Gasteiger partial charge in [0.15, 0.2) is 0 Å². The molecule has 1 heterocycles. The molecule has 1 aromatic carbocycles. The fraction of sp³-hybridized carbons (Fsp3) is 0.235. The maximum atomic E-state index is 7.52. The van der Waals surface area contributed by atoms with E-state index in [9.17, 15) is 0 Å². The number of rotatable bonds is 4. The predicted molar refractivity (Wildman–Crippen MR) is 92.0 cm³/mol. The molecule has 0 aliphatic carbocycles. The van der Waals surface area contributed by atoms with Gasteiger partial charge >= 0.3 is 0 Å². The number of ether oxygens (including phenoxy) is 1. The minimum absolute atomic E-state index is 0.184. The molecule has 6 heteroatoms. The lowest BCUT2D eigenvalue weighted by atomic mass is 10.1. The van der Waals surface area contributed by atoms with Gasteiger partial charge in [0, 0.05) is 36.3 Å². The molecule has 0 unspecified atom stereocenters. The lowest BCUT2D eigenvalue weighted by Crippen LogP contribution is -2.19. The molecule has 118 valence electrons. The van der Waals surface area contributed by atoms with E-state index in [1.54, 1.807) is 19.4 Å². The van der Waals surface area contributed by atoms with Crippen LogP contribution in [-0.2, 0) is 4.74 Å².